The molecule has 0 aromatic heterocycles. The Hall–Kier alpha value is -2.19. The maximum atomic E-state index is 10.1. The molecule has 3 nitrogen and oxygen atoms in total. The van der Waals surface area contributed by atoms with Crippen molar-refractivity contribution in [2.24, 2.45) is 0 Å². The van der Waals surface area contributed by atoms with E-state index >= 15 is 0 Å². The van der Waals surface area contributed by atoms with Gasteiger partial charge >= 0.3 is 7.72 Å². The number of hydrogen-bond donors (Lipinski definition) is 3. The van der Waals surface area contributed by atoms with E-state index < -0.39 is 7.72 Å². The Morgan fingerprint density at radius 2 is 0.864 bits per heavy atom. The summed E-state index contributed by atoms with van der Waals surface area (Å²) in [6.45, 7) is 0. The molecule has 0 saturated heterocycles. The van der Waals surface area contributed by atoms with Crippen molar-refractivity contribution in [3.05, 3.63) is 91.0 Å². The molecule has 0 bridgehead atoms. The minimum Gasteiger partial charge on any atom is -0.399 e. The van der Waals surface area contributed by atoms with Crippen molar-refractivity contribution in [1.82, 2.24) is 0 Å². The molecule has 3 rings (SSSR count). The van der Waals surface area contributed by atoms with Gasteiger partial charge in [0.15, 0.2) is 10.6 Å². The summed E-state index contributed by atoms with van der Waals surface area (Å²) in [6, 6.07) is 27.4. The second-order valence-corrected chi connectivity index (χ2v) is 6.92. The zero-order chi connectivity index (χ0) is 15.8. The van der Waals surface area contributed by atoms with Crippen molar-refractivity contribution in [3.8, 4) is 0 Å². The first-order valence-corrected chi connectivity index (χ1v) is 8.56. The molecule has 4 heteroatoms. The molecule has 4 N–H and O–H groups in total. The van der Waals surface area contributed by atoms with Crippen LogP contribution < -0.4 is 16.3 Å². The summed E-state index contributed by atoms with van der Waals surface area (Å²) in [5.74, 6) is 0. The second kappa shape index (κ2) is 7.71. The first kappa shape index (κ1) is 16.2. The molecule has 112 valence electrons. The predicted octanol–water partition coefficient (Wildman–Crippen LogP) is 2.74. The van der Waals surface area contributed by atoms with E-state index in [4.69, 9.17) is 5.73 Å². The molecule has 0 unspecified atom stereocenters. The average Bonchev–Trinajstić information content (AvgIpc) is 2.58. The van der Waals surface area contributed by atoms with Gasteiger partial charge in [0, 0.05) is 5.69 Å². The molecule has 0 atom stereocenters. The number of nitrogen functional groups attached to an aromatic ring is 1. The topological polar surface area (TPSA) is 66.5 Å². The monoisotopic (exact) mass is 312 g/mol. The summed E-state index contributed by atoms with van der Waals surface area (Å²) in [5.41, 5.74) is 6.18. The fraction of sp³-hybridized carbons (Fsp3) is 0. The molecular formula is C18H19NO2P+. The van der Waals surface area contributed by atoms with Crippen LogP contribution >= 0.6 is 7.72 Å². The molecule has 0 heterocycles. The summed E-state index contributed by atoms with van der Waals surface area (Å²) < 4.78 is 0. The lowest BCUT2D eigenvalue weighted by atomic mass is 10.3. The minimum atomic E-state index is -3.15. The summed E-state index contributed by atoms with van der Waals surface area (Å²) in [4.78, 5) is 20.2. The fourth-order valence-corrected chi connectivity index (χ4v) is 3.35. The van der Waals surface area contributed by atoms with E-state index in [-0.39, 0.29) is 0 Å². The Labute approximate surface area is 131 Å². The lowest BCUT2D eigenvalue weighted by Crippen LogP contribution is -2.20. The summed E-state index contributed by atoms with van der Waals surface area (Å²) in [5, 5.41) is 1.16. The van der Waals surface area contributed by atoms with Gasteiger partial charge in [0.2, 0.25) is 0 Å². The molecular weight excluding hydrogens is 293 g/mol. The number of benzene rings is 3. The third-order valence-corrected chi connectivity index (χ3v) is 5.07. The molecule has 0 aliphatic carbocycles. The van der Waals surface area contributed by atoms with Crippen molar-refractivity contribution >= 4 is 24.0 Å². The van der Waals surface area contributed by atoms with Crippen LogP contribution in [0.5, 0.6) is 0 Å². The Morgan fingerprint density at radius 1 is 0.545 bits per heavy atom. The number of hydrogen-bond acceptors (Lipinski definition) is 3. The Balaban J connectivity index is 0.000000211. The van der Waals surface area contributed by atoms with Crippen molar-refractivity contribution in [2.45, 2.75) is 0 Å². The van der Waals surface area contributed by atoms with Crippen LogP contribution in [0.25, 0.3) is 0 Å². The van der Waals surface area contributed by atoms with Crippen LogP contribution in [0.2, 0.25) is 0 Å². The highest BCUT2D eigenvalue weighted by molar-refractivity contribution is 7.79. The summed E-state index contributed by atoms with van der Waals surface area (Å²) in [7, 11) is -3.15. The van der Waals surface area contributed by atoms with Crippen molar-refractivity contribution in [3.63, 3.8) is 0 Å². The predicted molar refractivity (Wildman–Crippen MR) is 94.4 cm³/mol. The van der Waals surface area contributed by atoms with Crippen molar-refractivity contribution in [2.75, 3.05) is 5.73 Å². The standard InChI is InChI=1S/C12H12O2P.C6H7N/c13-15(14,11-7-3-1-4-8-11)12-9-5-2-6-10-12;7-6-4-2-1-3-5-6/h1-10,13-14H;1-5H,7H2/q+1;. The van der Waals surface area contributed by atoms with Crippen LogP contribution in [-0.4, -0.2) is 9.79 Å². The van der Waals surface area contributed by atoms with Crippen LogP contribution in [0, 0.1) is 0 Å². The zero-order valence-electron chi connectivity index (χ0n) is 12.1. The second-order valence-electron chi connectivity index (χ2n) is 4.68. The highest BCUT2D eigenvalue weighted by Crippen LogP contribution is 2.46. The lowest BCUT2D eigenvalue weighted by Gasteiger charge is -2.11. The smallest absolute Gasteiger partial charge is 0.333 e. The van der Waals surface area contributed by atoms with E-state index in [0.29, 0.717) is 10.6 Å². The van der Waals surface area contributed by atoms with E-state index in [1.165, 1.54) is 0 Å². The normalized spacial score (nSPS) is 10.5. The highest BCUT2D eigenvalue weighted by atomic mass is 31.2. The Bertz CT molecular complexity index is 632. The largest absolute Gasteiger partial charge is 0.399 e. The van der Waals surface area contributed by atoms with E-state index in [1.807, 2.05) is 42.5 Å². The van der Waals surface area contributed by atoms with Crippen molar-refractivity contribution in [1.29, 1.82) is 0 Å². The molecule has 0 saturated carbocycles. The third-order valence-electron chi connectivity index (χ3n) is 3.03. The molecule has 3 aromatic carbocycles. The first-order chi connectivity index (χ1) is 10.6. The molecule has 22 heavy (non-hydrogen) atoms. The Morgan fingerprint density at radius 3 is 1.14 bits per heavy atom. The summed E-state index contributed by atoms with van der Waals surface area (Å²) in [6.07, 6.45) is 0. The zero-order valence-corrected chi connectivity index (χ0v) is 13.0. The molecule has 0 radical (unpaired) electrons. The third kappa shape index (κ3) is 4.40. The molecule has 0 fully saturated rings. The van der Waals surface area contributed by atoms with Crippen LogP contribution in [0.4, 0.5) is 5.69 Å². The van der Waals surface area contributed by atoms with Gasteiger partial charge in [0.25, 0.3) is 0 Å². The van der Waals surface area contributed by atoms with Crippen LogP contribution in [0.15, 0.2) is 91.0 Å². The van der Waals surface area contributed by atoms with Gasteiger partial charge in [-0.2, -0.15) is 0 Å². The molecule has 0 spiro atoms. The molecule has 0 aliphatic rings. The van der Waals surface area contributed by atoms with Gasteiger partial charge in [-0.25, -0.2) is 9.79 Å². The lowest BCUT2D eigenvalue weighted by molar-refractivity contribution is 0.479. The number of nitrogens with two attached hydrogens (primary N) is 1. The van der Waals surface area contributed by atoms with Gasteiger partial charge in [0.05, 0.1) is 0 Å². The maximum Gasteiger partial charge on any atom is 0.333 e. The van der Waals surface area contributed by atoms with Gasteiger partial charge in [0.1, 0.15) is 0 Å². The summed E-state index contributed by atoms with van der Waals surface area (Å²) >= 11 is 0. The highest BCUT2D eigenvalue weighted by Gasteiger charge is 2.39. The number of anilines is 1. The SMILES string of the molecule is Nc1ccccc1.O[P+](O)(c1ccccc1)c1ccccc1. The fourth-order valence-electron chi connectivity index (χ4n) is 1.87. The van der Waals surface area contributed by atoms with Gasteiger partial charge in [-0.1, -0.05) is 54.6 Å². The van der Waals surface area contributed by atoms with Gasteiger partial charge in [-0.15, -0.1) is 0 Å². The van der Waals surface area contributed by atoms with Crippen LogP contribution in [0.1, 0.15) is 0 Å². The van der Waals surface area contributed by atoms with E-state index in [9.17, 15) is 9.79 Å². The van der Waals surface area contributed by atoms with Gasteiger partial charge in [-0.3, -0.25) is 0 Å². The van der Waals surface area contributed by atoms with Crippen LogP contribution in [-0.2, 0) is 0 Å². The van der Waals surface area contributed by atoms with E-state index in [0.717, 1.165) is 5.69 Å². The number of para-hydroxylation sites is 1. The van der Waals surface area contributed by atoms with Gasteiger partial charge in [-0.05, 0) is 36.4 Å². The quantitative estimate of drug-likeness (QED) is 0.503. The Kier molecular flexibility index (Phi) is 5.68. The number of rotatable bonds is 2. The molecule has 0 amide bonds. The first-order valence-electron chi connectivity index (χ1n) is 6.87. The maximum absolute atomic E-state index is 10.1. The van der Waals surface area contributed by atoms with E-state index in [1.54, 1.807) is 48.5 Å². The van der Waals surface area contributed by atoms with Crippen LogP contribution in [0.3, 0.4) is 0 Å². The minimum absolute atomic E-state index is 0.580. The average molecular weight is 312 g/mol. The molecule has 0 aliphatic heterocycles. The van der Waals surface area contributed by atoms with Gasteiger partial charge < -0.3 is 5.73 Å². The van der Waals surface area contributed by atoms with E-state index in [2.05, 4.69) is 0 Å². The molecule has 3 aromatic rings. The van der Waals surface area contributed by atoms with Crippen molar-refractivity contribution < 1.29 is 9.79 Å².